The number of nitrogens with two attached hydrogens (primary N) is 1. The number of amides is 1. The van der Waals surface area contributed by atoms with Crippen LogP contribution in [0.1, 0.15) is 61.9 Å². The van der Waals surface area contributed by atoms with Gasteiger partial charge in [0.1, 0.15) is 0 Å². The molecule has 1 amide bonds. The minimum atomic E-state index is -0.0206. The lowest BCUT2D eigenvalue weighted by Crippen LogP contribution is -2.33. The van der Waals surface area contributed by atoms with Gasteiger partial charge >= 0.3 is 0 Å². The maximum Gasteiger partial charge on any atom is 0.251 e. The highest BCUT2D eigenvalue weighted by Gasteiger charge is 2.12. The Balaban J connectivity index is 2.48. The number of hydrogen-bond donors (Lipinski definition) is 2. The predicted molar refractivity (Wildman–Crippen MR) is 81.3 cm³/mol. The van der Waals surface area contributed by atoms with E-state index in [0.717, 1.165) is 12.0 Å². The molecule has 0 saturated heterocycles. The van der Waals surface area contributed by atoms with Gasteiger partial charge in [-0.25, -0.2) is 0 Å². The van der Waals surface area contributed by atoms with Crippen molar-refractivity contribution < 1.29 is 4.79 Å². The first kappa shape index (κ1) is 15.5. The van der Waals surface area contributed by atoms with Crippen molar-refractivity contribution in [3.8, 4) is 0 Å². The summed E-state index contributed by atoms with van der Waals surface area (Å²) in [5, 5.41) is 3.05. The number of nitrogen functional groups attached to an aromatic ring is 1. The van der Waals surface area contributed by atoms with Gasteiger partial charge in [0.25, 0.3) is 5.91 Å². The largest absolute Gasteiger partial charge is 0.398 e. The Morgan fingerprint density at radius 1 is 1.32 bits per heavy atom. The molecule has 0 aliphatic rings. The van der Waals surface area contributed by atoms with Crippen LogP contribution in [0.2, 0.25) is 0 Å². The maximum absolute atomic E-state index is 12.2. The number of benzene rings is 1. The van der Waals surface area contributed by atoms with Gasteiger partial charge in [0.15, 0.2) is 0 Å². The quantitative estimate of drug-likeness (QED) is 0.582. The summed E-state index contributed by atoms with van der Waals surface area (Å²) in [5.41, 5.74) is 8.03. The number of rotatable bonds is 7. The van der Waals surface area contributed by atoms with E-state index in [2.05, 4.69) is 19.2 Å². The van der Waals surface area contributed by atoms with Crippen molar-refractivity contribution in [2.24, 2.45) is 0 Å². The SMILES string of the molecule is CCCCCCC(C)NC(=O)c1cccc(N)c1C. The Kier molecular flexibility index (Phi) is 6.40. The van der Waals surface area contributed by atoms with Crippen LogP contribution in [0.4, 0.5) is 5.69 Å². The molecule has 1 unspecified atom stereocenters. The maximum atomic E-state index is 12.2. The molecule has 0 fully saturated rings. The molecule has 0 spiro atoms. The molecule has 106 valence electrons. The number of carbonyl (C=O) groups excluding carboxylic acids is 1. The Hall–Kier alpha value is -1.51. The number of hydrogen-bond acceptors (Lipinski definition) is 2. The standard InChI is InChI=1S/C16H26N2O/c1-4-5-6-7-9-12(2)18-16(19)14-10-8-11-15(17)13(14)3/h8,10-12H,4-7,9,17H2,1-3H3,(H,18,19). The van der Waals surface area contributed by atoms with E-state index < -0.39 is 0 Å². The Labute approximate surface area is 116 Å². The first-order valence-electron chi connectivity index (χ1n) is 7.22. The third-order valence-electron chi connectivity index (χ3n) is 3.49. The zero-order valence-electron chi connectivity index (χ0n) is 12.3. The smallest absolute Gasteiger partial charge is 0.251 e. The Morgan fingerprint density at radius 3 is 2.74 bits per heavy atom. The molecule has 3 nitrogen and oxygen atoms in total. The van der Waals surface area contributed by atoms with Gasteiger partial charge in [-0.3, -0.25) is 4.79 Å². The van der Waals surface area contributed by atoms with Crippen LogP contribution in [0, 0.1) is 6.92 Å². The summed E-state index contributed by atoms with van der Waals surface area (Å²) in [6.07, 6.45) is 5.96. The molecule has 1 aromatic carbocycles. The van der Waals surface area contributed by atoms with Crippen LogP contribution in [0.3, 0.4) is 0 Å². The monoisotopic (exact) mass is 262 g/mol. The van der Waals surface area contributed by atoms with Gasteiger partial charge in [0.05, 0.1) is 0 Å². The molecule has 3 heteroatoms. The summed E-state index contributed by atoms with van der Waals surface area (Å²) in [4.78, 5) is 12.2. The van der Waals surface area contributed by atoms with Crippen molar-refractivity contribution >= 4 is 11.6 Å². The van der Waals surface area contributed by atoms with Crippen molar-refractivity contribution in [2.45, 2.75) is 58.9 Å². The fraction of sp³-hybridized carbons (Fsp3) is 0.562. The molecule has 0 radical (unpaired) electrons. The van der Waals surface area contributed by atoms with E-state index in [4.69, 9.17) is 5.73 Å². The molecule has 0 saturated carbocycles. The second kappa shape index (κ2) is 7.82. The molecule has 0 aromatic heterocycles. The lowest BCUT2D eigenvalue weighted by atomic mass is 10.0. The van der Waals surface area contributed by atoms with E-state index >= 15 is 0 Å². The molecule has 1 aromatic rings. The van der Waals surface area contributed by atoms with Crippen molar-refractivity contribution in [3.05, 3.63) is 29.3 Å². The number of nitrogens with one attached hydrogen (secondary N) is 1. The highest BCUT2D eigenvalue weighted by atomic mass is 16.1. The van der Waals surface area contributed by atoms with Crippen molar-refractivity contribution in [2.75, 3.05) is 5.73 Å². The van der Waals surface area contributed by atoms with Gasteiger partial charge in [0.2, 0.25) is 0 Å². The lowest BCUT2D eigenvalue weighted by Gasteiger charge is -2.15. The van der Waals surface area contributed by atoms with Gasteiger partial charge in [-0.2, -0.15) is 0 Å². The fourth-order valence-electron chi connectivity index (χ4n) is 2.15. The number of carbonyl (C=O) groups is 1. The molecule has 19 heavy (non-hydrogen) atoms. The Bertz CT molecular complexity index is 415. The van der Waals surface area contributed by atoms with Gasteiger partial charge in [-0.1, -0.05) is 38.7 Å². The van der Waals surface area contributed by atoms with Crippen molar-refractivity contribution in [1.82, 2.24) is 5.32 Å². The number of anilines is 1. The van der Waals surface area contributed by atoms with Crippen LogP contribution in [-0.4, -0.2) is 11.9 Å². The molecular weight excluding hydrogens is 236 g/mol. The van der Waals surface area contributed by atoms with Crippen LogP contribution in [-0.2, 0) is 0 Å². The normalized spacial score (nSPS) is 12.2. The first-order chi connectivity index (χ1) is 9.06. The minimum Gasteiger partial charge on any atom is -0.398 e. The lowest BCUT2D eigenvalue weighted by molar-refractivity contribution is 0.0937. The zero-order valence-corrected chi connectivity index (χ0v) is 12.3. The molecule has 3 N–H and O–H groups in total. The van der Waals surface area contributed by atoms with E-state index in [1.807, 2.05) is 25.1 Å². The summed E-state index contributed by atoms with van der Waals surface area (Å²) in [6, 6.07) is 5.68. The van der Waals surface area contributed by atoms with E-state index in [9.17, 15) is 4.79 Å². The highest BCUT2D eigenvalue weighted by molar-refractivity contribution is 5.97. The fourth-order valence-corrected chi connectivity index (χ4v) is 2.15. The second-order valence-electron chi connectivity index (χ2n) is 5.24. The first-order valence-corrected chi connectivity index (χ1v) is 7.22. The predicted octanol–water partition coefficient (Wildman–Crippen LogP) is 3.67. The van der Waals surface area contributed by atoms with Crippen LogP contribution < -0.4 is 11.1 Å². The minimum absolute atomic E-state index is 0.0206. The van der Waals surface area contributed by atoms with E-state index in [-0.39, 0.29) is 11.9 Å². The van der Waals surface area contributed by atoms with Crippen molar-refractivity contribution in [1.29, 1.82) is 0 Å². The van der Waals surface area contributed by atoms with Crippen LogP contribution in [0.5, 0.6) is 0 Å². The van der Waals surface area contributed by atoms with Gasteiger partial charge in [0, 0.05) is 17.3 Å². The van der Waals surface area contributed by atoms with E-state index in [1.54, 1.807) is 0 Å². The summed E-state index contributed by atoms with van der Waals surface area (Å²) in [6.45, 7) is 6.15. The third kappa shape index (κ3) is 4.93. The third-order valence-corrected chi connectivity index (χ3v) is 3.49. The summed E-state index contributed by atoms with van der Waals surface area (Å²) >= 11 is 0. The molecule has 1 atom stereocenters. The molecule has 0 heterocycles. The van der Waals surface area contributed by atoms with Gasteiger partial charge < -0.3 is 11.1 Å². The molecule has 0 aliphatic carbocycles. The summed E-state index contributed by atoms with van der Waals surface area (Å²) in [7, 11) is 0. The second-order valence-corrected chi connectivity index (χ2v) is 5.24. The molecule has 1 rings (SSSR count). The van der Waals surface area contributed by atoms with Crippen LogP contribution in [0.25, 0.3) is 0 Å². The molecular formula is C16H26N2O. The molecule has 0 aliphatic heterocycles. The van der Waals surface area contributed by atoms with E-state index in [1.165, 1.54) is 25.7 Å². The summed E-state index contributed by atoms with van der Waals surface area (Å²) in [5.74, 6) is -0.0206. The van der Waals surface area contributed by atoms with E-state index in [0.29, 0.717) is 11.3 Å². The topological polar surface area (TPSA) is 55.1 Å². The average Bonchev–Trinajstić information content (AvgIpc) is 2.38. The van der Waals surface area contributed by atoms with Crippen LogP contribution >= 0.6 is 0 Å². The highest BCUT2D eigenvalue weighted by Crippen LogP contribution is 2.15. The van der Waals surface area contributed by atoms with Crippen molar-refractivity contribution in [3.63, 3.8) is 0 Å². The molecule has 0 bridgehead atoms. The Morgan fingerprint density at radius 2 is 2.05 bits per heavy atom. The zero-order chi connectivity index (χ0) is 14.3. The van der Waals surface area contributed by atoms with Gasteiger partial charge in [-0.05, 0) is 38.0 Å². The average molecular weight is 262 g/mol. The number of unbranched alkanes of at least 4 members (excludes halogenated alkanes) is 3. The summed E-state index contributed by atoms with van der Waals surface area (Å²) < 4.78 is 0. The van der Waals surface area contributed by atoms with Crippen LogP contribution in [0.15, 0.2) is 18.2 Å². The van der Waals surface area contributed by atoms with Gasteiger partial charge in [-0.15, -0.1) is 0 Å².